The third-order valence-corrected chi connectivity index (χ3v) is 5.48. The molecule has 158 valence electrons. The van der Waals surface area contributed by atoms with E-state index in [2.05, 4.69) is 30.7 Å². The van der Waals surface area contributed by atoms with E-state index in [0.29, 0.717) is 16.9 Å². The lowest BCUT2D eigenvalue weighted by molar-refractivity contribution is -0.138. The Balaban J connectivity index is 1.67. The number of piperazine rings is 1. The van der Waals surface area contributed by atoms with Crippen LogP contribution < -0.4 is 15.5 Å². The zero-order valence-electron chi connectivity index (χ0n) is 16.8. The van der Waals surface area contributed by atoms with Crippen LogP contribution in [0.4, 0.5) is 24.7 Å². The van der Waals surface area contributed by atoms with Gasteiger partial charge in [-0.2, -0.15) is 18.3 Å². The molecule has 2 aromatic heterocycles. The molecule has 30 heavy (non-hydrogen) atoms. The minimum Gasteiger partial charge on any atom is -0.368 e. The molecule has 4 rings (SSSR count). The third-order valence-electron chi connectivity index (χ3n) is 5.48. The van der Waals surface area contributed by atoms with Crippen LogP contribution >= 0.6 is 0 Å². The van der Waals surface area contributed by atoms with E-state index in [1.54, 1.807) is 12.3 Å². The highest BCUT2D eigenvalue weighted by molar-refractivity contribution is 5.90. The lowest BCUT2D eigenvalue weighted by Gasteiger charge is -2.29. The average molecular weight is 416 g/mol. The van der Waals surface area contributed by atoms with Crippen molar-refractivity contribution in [2.24, 2.45) is 0 Å². The number of nitrogens with zero attached hydrogens (tertiary/aromatic N) is 4. The largest absolute Gasteiger partial charge is 0.416 e. The van der Waals surface area contributed by atoms with Crippen molar-refractivity contribution in [1.29, 1.82) is 0 Å². The van der Waals surface area contributed by atoms with E-state index in [-0.39, 0.29) is 5.56 Å². The second kappa shape index (κ2) is 8.06. The maximum atomic E-state index is 13.3. The molecule has 1 saturated heterocycles. The van der Waals surface area contributed by atoms with Crippen molar-refractivity contribution in [3.05, 3.63) is 53.3 Å². The van der Waals surface area contributed by atoms with E-state index in [1.807, 2.05) is 19.2 Å². The highest BCUT2D eigenvalue weighted by atomic mass is 19.4. The van der Waals surface area contributed by atoms with Gasteiger partial charge in [-0.3, -0.25) is 4.98 Å². The molecular formula is C21H23F3N6. The highest BCUT2D eigenvalue weighted by Gasteiger charge is 2.33. The molecule has 1 fully saturated rings. The summed E-state index contributed by atoms with van der Waals surface area (Å²) in [6.45, 7) is 6.89. The van der Waals surface area contributed by atoms with Gasteiger partial charge in [-0.15, -0.1) is 5.10 Å². The van der Waals surface area contributed by atoms with Crippen molar-refractivity contribution in [3.63, 3.8) is 0 Å². The van der Waals surface area contributed by atoms with Gasteiger partial charge in [0, 0.05) is 31.6 Å². The first-order valence-electron chi connectivity index (χ1n) is 9.85. The van der Waals surface area contributed by atoms with Gasteiger partial charge < -0.3 is 15.5 Å². The Morgan fingerprint density at radius 2 is 1.93 bits per heavy atom. The van der Waals surface area contributed by atoms with Crippen molar-refractivity contribution in [3.8, 4) is 0 Å². The second-order valence-corrected chi connectivity index (χ2v) is 7.44. The predicted molar refractivity (Wildman–Crippen MR) is 111 cm³/mol. The highest BCUT2D eigenvalue weighted by Crippen LogP contribution is 2.35. The number of nitrogens with one attached hydrogen (secondary N) is 2. The number of aromatic nitrogens is 3. The third kappa shape index (κ3) is 4.02. The normalized spacial score (nSPS) is 16.0. The van der Waals surface area contributed by atoms with Gasteiger partial charge in [-0.25, -0.2) is 0 Å². The van der Waals surface area contributed by atoms with Crippen LogP contribution in [0.1, 0.15) is 29.7 Å². The van der Waals surface area contributed by atoms with Crippen molar-refractivity contribution in [2.45, 2.75) is 26.1 Å². The number of anilines is 2. The standard InChI is InChI=1S/C21H23F3N6/c1-13-16(4-3-5-18(13)21(22,23)24)14(2)28-20-17-10-15(30-8-6-25-7-9-30)11-26-19(17)12-27-29-20/h3-5,10-12,14,25H,6-9H2,1-2H3,(H,28,29)/t14-/m1/s1. The maximum Gasteiger partial charge on any atom is 0.416 e. The van der Waals surface area contributed by atoms with E-state index in [0.717, 1.165) is 43.3 Å². The zero-order chi connectivity index (χ0) is 21.3. The number of benzene rings is 1. The summed E-state index contributed by atoms with van der Waals surface area (Å²) in [5, 5.41) is 15.6. The summed E-state index contributed by atoms with van der Waals surface area (Å²) in [5.74, 6) is 0.501. The number of rotatable bonds is 4. The van der Waals surface area contributed by atoms with Gasteiger partial charge in [0.15, 0.2) is 5.82 Å². The first-order valence-corrected chi connectivity index (χ1v) is 9.85. The number of pyridine rings is 1. The van der Waals surface area contributed by atoms with E-state index in [4.69, 9.17) is 0 Å². The van der Waals surface area contributed by atoms with Crippen LogP contribution in [-0.4, -0.2) is 41.4 Å². The average Bonchev–Trinajstić information content (AvgIpc) is 2.73. The lowest BCUT2D eigenvalue weighted by atomic mass is 9.97. The van der Waals surface area contributed by atoms with Crippen LogP contribution in [0, 0.1) is 6.92 Å². The van der Waals surface area contributed by atoms with Crippen LogP contribution in [0.2, 0.25) is 0 Å². The Labute approximate surface area is 172 Å². The number of alkyl halides is 3. The lowest BCUT2D eigenvalue weighted by Crippen LogP contribution is -2.43. The van der Waals surface area contributed by atoms with Crippen LogP contribution in [-0.2, 0) is 6.18 Å². The Kier molecular flexibility index (Phi) is 5.46. The summed E-state index contributed by atoms with van der Waals surface area (Å²) in [6, 6.07) is 5.85. The van der Waals surface area contributed by atoms with Gasteiger partial charge >= 0.3 is 6.18 Å². The Hall–Kier alpha value is -2.94. The van der Waals surface area contributed by atoms with Crippen molar-refractivity contribution in [1.82, 2.24) is 20.5 Å². The molecule has 0 bridgehead atoms. The molecule has 3 aromatic rings. The maximum absolute atomic E-state index is 13.3. The van der Waals surface area contributed by atoms with Crippen molar-refractivity contribution >= 4 is 22.4 Å². The molecule has 1 atom stereocenters. The topological polar surface area (TPSA) is 66.0 Å². The Bertz CT molecular complexity index is 1050. The summed E-state index contributed by atoms with van der Waals surface area (Å²) in [5.41, 5.74) is 1.82. The molecule has 0 saturated carbocycles. The Morgan fingerprint density at radius 3 is 2.67 bits per heavy atom. The summed E-state index contributed by atoms with van der Waals surface area (Å²) < 4.78 is 39.9. The molecule has 0 radical (unpaired) electrons. The molecule has 6 nitrogen and oxygen atoms in total. The van der Waals surface area contributed by atoms with E-state index in [9.17, 15) is 13.2 Å². The molecular weight excluding hydrogens is 393 g/mol. The molecule has 0 aliphatic carbocycles. The fourth-order valence-corrected chi connectivity index (χ4v) is 3.87. The summed E-state index contributed by atoms with van der Waals surface area (Å²) >= 11 is 0. The van der Waals surface area contributed by atoms with E-state index < -0.39 is 17.8 Å². The first-order chi connectivity index (χ1) is 14.3. The quantitative estimate of drug-likeness (QED) is 0.672. The van der Waals surface area contributed by atoms with Gasteiger partial charge in [-0.05, 0) is 37.1 Å². The predicted octanol–water partition coefficient (Wildman–Crippen LogP) is 3.93. The molecule has 0 spiro atoms. The minimum atomic E-state index is -4.39. The summed E-state index contributed by atoms with van der Waals surface area (Å²) in [4.78, 5) is 6.75. The van der Waals surface area contributed by atoms with Gasteiger partial charge in [0.1, 0.15) is 0 Å². The van der Waals surface area contributed by atoms with E-state index >= 15 is 0 Å². The molecule has 0 unspecified atom stereocenters. The summed E-state index contributed by atoms with van der Waals surface area (Å²) in [7, 11) is 0. The fraction of sp³-hybridized carbons (Fsp3) is 0.381. The monoisotopic (exact) mass is 416 g/mol. The zero-order valence-corrected chi connectivity index (χ0v) is 16.8. The number of fused-ring (bicyclic) bond motifs is 1. The number of hydrogen-bond acceptors (Lipinski definition) is 6. The molecule has 3 heterocycles. The SMILES string of the molecule is Cc1c([C@@H](C)Nc2nncc3ncc(N4CCNCC4)cc23)cccc1C(F)(F)F. The molecule has 9 heteroatoms. The van der Waals surface area contributed by atoms with Gasteiger partial charge in [-0.1, -0.05) is 12.1 Å². The van der Waals surface area contributed by atoms with Gasteiger partial charge in [0.25, 0.3) is 0 Å². The molecule has 1 aromatic carbocycles. The van der Waals surface area contributed by atoms with Crippen molar-refractivity contribution in [2.75, 3.05) is 36.4 Å². The van der Waals surface area contributed by atoms with Gasteiger partial charge in [0.2, 0.25) is 0 Å². The molecule has 1 aliphatic rings. The molecule has 0 amide bonds. The van der Waals surface area contributed by atoms with Crippen LogP contribution in [0.25, 0.3) is 10.9 Å². The molecule has 2 N–H and O–H groups in total. The smallest absolute Gasteiger partial charge is 0.368 e. The summed E-state index contributed by atoms with van der Waals surface area (Å²) in [6.07, 6.45) is -0.983. The number of hydrogen-bond donors (Lipinski definition) is 2. The van der Waals surface area contributed by atoms with Crippen LogP contribution in [0.3, 0.4) is 0 Å². The first kappa shape index (κ1) is 20.3. The Morgan fingerprint density at radius 1 is 1.17 bits per heavy atom. The number of halogens is 3. The minimum absolute atomic E-state index is 0.206. The van der Waals surface area contributed by atoms with Crippen molar-refractivity contribution < 1.29 is 13.2 Å². The van der Waals surface area contributed by atoms with Crippen LogP contribution in [0.15, 0.2) is 36.7 Å². The van der Waals surface area contributed by atoms with Crippen LogP contribution in [0.5, 0.6) is 0 Å². The van der Waals surface area contributed by atoms with E-state index in [1.165, 1.54) is 13.0 Å². The fourth-order valence-electron chi connectivity index (χ4n) is 3.87. The van der Waals surface area contributed by atoms with Gasteiger partial charge in [0.05, 0.1) is 35.2 Å². The molecule has 1 aliphatic heterocycles. The second-order valence-electron chi connectivity index (χ2n) is 7.44.